The number of likely N-dealkylation sites (tertiary alicyclic amines) is 2. The molecule has 2 fully saturated rings. The molecule has 3 atom stereocenters. The molecule has 202 valence electrons. The Morgan fingerprint density at radius 3 is 2.32 bits per heavy atom. The second-order valence-electron chi connectivity index (χ2n) is 10.1. The van der Waals surface area contributed by atoms with Crippen molar-refractivity contribution in [2.24, 2.45) is 0 Å². The Kier molecular flexibility index (Phi) is 8.28. The molecular formula is C26H30Cl2F4N4O. The maximum absolute atomic E-state index is 14.2. The number of likely N-dealkylation sites (N-methyl/N-ethyl adjacent to an activating group) is 2. The normalized spacial score (nSPS) is 22.5. The number of hydrogen-bond acceptors (Lipinski definition) is 3. The van der Waals surface area contributed by atoms with Crippen LogP contribution in [-0.2, 0) is 12.7 Å². The second kappa shape index (κ2) is 11.0. The predicted octanol–water partition coefficient (Wildman–Crippen LogP) is 5.81. The van der Waals surface area contributed by atoms with Crippen LogP contribution in [0.2, 0.25) is 10.0 Å². The Morgan fingerprint density at radius 2 is 1.73 bits per heavy atom. The highest BCUT2D eigenvalue weighted by Gasteiger charge is 2.41. The van der Waals surface area contributed by atoms with Gasteiger partial charge in [-0.05, 0) is 63.0 Å². The van der Waals surface area contributed by atoms with Crippen molar-refractivity contribution in [3.05, 3.63) is 69.0 Å². The first kappa shape index (κ1) is 28.0. The minimum atomic E-state index is -4.75. The summed E-state index contributed by atoms with van der Waals surface area (Å²) in [5.74, 6) is -1.41. The van der Waals surface area contributed by atoms with Crippen LogP contribution in [0.4, 0.5) is 22.4 Å². The third-order valence-corrected chi connectivity index (χ3v) is 8.17. The van der Waals surface area contributed by atoms with Gasteiger partial charge in [-0.15, -0.1) is 0 Å². The fourth-order valence-electron chi connectivity index (χ4n) is 5.29. The van der Waals surface area contributed by atoms with Crippen LogP contribution in [0, 0.1) is 5.82 Å². The molecule has 0 aromatic heterocycles. The van der Waals surface area contributed by atoms with Gasteiger partial charge in [-0.2, -0.15) is 13.2 Å². The van der Waals surface area contributed by atoms with Crippen LogP contribution in [0.3, 0.4) is 0 Å². The molecule has 2 aromatic rings. The van der Waals surface area contributed by atoms with Crippen molar-refractivity contribution in [1.29, 1.82) is 0 Å². The molecule has 11 heteroatoms. The number of urea groups is 1. The third kappa shape index (κ3) is 6.16. The molecule has 2 saturated heterocycles. The molecule has 0 bridgehead atoms. The summed E-state index contributed by atoms with van der Waals surface area (Å²) in [7, 11) is 5.84. The highest BCUT2D eigenvalue weighted by molar-refractivity contribution is 6.42. The molecule has 2 aliphatic rings. The Balaban J connectivity index is 1.56. The lowest BCUT2D eigenvalue weighted by atomic mass is 9.93. The summed E-state index contributed by atoms with van der Waals surface area (Å²) in [5, 5.41) is 0.830. The van der Waals surface area contributed by atoms with Crippen molar-refractivity contribution >= 4 is 29.2 Å². The molecule has 2 unspecified atom stereocenters. The summed E-state index contributed by atoms with van der Waals surface area (Å²) in [6, 6.07) is 8.48. The van der Waals surface area contributed by atoms with Gasteiger partial charge in [0.1, 0.15) is 5.82 Å². The third-order valence-electron chi connectivity index (χ3n) is 7.43. The highest BCUT2D eigenvalue weighted by atomic mass is 35.5. The smallest absolute Gasteiger partial charge is 0.323 e. The van der Waals surface area contributed by atoms with Crippen molar-refractivity contribution in [3.8, 4) is 0 Å². The number of carbonyl (C=O) groups excluding carboxylic acids is 1. The lowest BCUT2D eigenvalue weighted by Crippen LogP contribution is -2.44. The van der Waals surface area contributed by atoms with Crippen LogP contribution in [0.15, 0.2) is 36.4 Å². The van der Waals surface area contributed by atoms with E-state index < -0.39 is 17.6 Å². The summed E-state index contributed by atoms with van der Waals surface area (Å²) in [6.45, 7) is 2.43. The molecule has 0 radical (unpaired) electrons. The van der Waals surface area contributed by atoms with Crippen LogP contribution in [0.5, 0.6) is 0 Å². The first-order valence-electron chi connectivity index (χ1n) is 12.1. The average molecular weight is 561 g/mol. The predicted molar refractivity (Wildman–Crippen MR) is 136 cm³/mol. The molecular weight excluding hydrogens is 531 g/mol. The van der Waals surface area contributed by atoms with Crippen molar-refractivity contribution in [3.63, 3.8) is 0 Å². The summed E-state index contributed by atoms with van der Waals surface area (Å²) in [6.07, 6.45) is -3.84. The van der Waals surface area contributed by atoms with Crippen LogP contribution in [0.1, 0.15) is 29.0 Å². The Hall–Kier alpha value is -2.07. The van der Waals surface area contributed by atoms with Gasteiger partial charge in [-0.1, -0.05) is 35.3 Å². The fourth-order valence-corrected chi connectivity index (χ4v) is 5.60. The van der Waals surface area contributed by atoms with Crippen molar-refractivity contribution in [1.82, 2.24) is 19.6 Å². The van der Waals surface area contributed by atoms with Gasteiger partial charge in [-0.3, -0.25) is 4.90 Å². The van der Waals surface area contributed by atoms with Crippen molar-refractivity contribution in [2.75, 3.05) is 47.3 Å². The van der Waals surface area contributed by atoms with E-state index in [1.165, 1.54) is 6.07 Å². The Morgan fingerprint density at radius 1 is 1.00 bits per heavy atom. The van der Waals surface area contributed by atoms with E-state index in [4.69, 9.17) is 23.2 Å². The first-order chi connectivity index (χ1) is 17.3. The molecule has 0 N–H and O–H groups in total. The molecule has 0 saturated carbocycles. The lowest BCUT2D eigenvalue weighted by molar-refractivity contribution is -0.140. The summed E-state index contributed by atoms with van der Waals surface area (Å²) >= 11 is 12.4. The van der Waals surface area contributed by atoms with E-state index in [0.29, 0.717) is 47.8 Å². The monoisotopic (exact) mass is 560 g/mol. The molecule has 37 heavy (non-hydrogen) atoms. The highest BCUT2D eigenvalue weighted by Crippen LogP contribution is 2.36. The SMILES string of the molecule is CN(Cc1ccc(C(F)(F)F)c(F)c1)C1CN(C(=O)N2CC[C@H](N(C)C)C2)CC1c1ccc(Cl)c(Cl)c1. The van der Waals surface area contributed by atoms with Gasteiger partial charge in [0, 0.05) is 50.7 Å². The van der Waals surface area contributed by atoms with E-state index in [9.17, 15) is 22.4 Å². The molecule has 0 aliphatic carbocycles. The fraction of sp³-hybridized carbons (Fsp3) is 0.500. The van der Waals surface area contributed by atoms with E-state index in [0.717, 1.165) is 24.1 Å². The number of amides is 2. The van der Waals surface area contributed by atoms with Crippen LogP contribution >= 0.6 is 23.2 Å². The van der Waals surface area contributed by atoms with Gasteiger partial charge in [0.2, 0.25) is 0 Å². The van der Waals surface area contributed by atoms with E-state index in [1.54, 1.807) is 12.1 Å². The van der Waals surface area contributed by atoms with Crippen LogP contribution in [-0.4, -0.2) is 85.0 Å². The zero-order chi connectivity index (χ0) is 27.1. The van der Waals surface area contributed by atoms with Crippen molar-refractivity contribution < 1.29 is 22.4 Å². The number of benzene rings is 2. The summed E-state index contributed by atoms with van der Waals surface area (Å²) < 4.78 is 53.2. The molecule has 2 aromatic carbocycles. The Bertz CT molecular complexity index is 1150. The van der Waals surface area contributed by atoms with E-state index in [-0.39, 0.29) is 24.5 Å². The average Bonchev–Trinajstić information content (AvgIpc) is 3.48. The number of hydrogen-bond donors (Lipinski definition) is 0. The van der Waals surface area contributed by atoms with Gasteiger partial charge in [-0.25, -0.2) is 9.18 Å². The topological polar surface area (TPSA) is 30.0 Å². The zero-order valence-electron chi connectivity index (χ0n) is 20.9. The van der Waals surface area contributed by atoms with Gasteiger partial charge in [0.05, 0.1) is 15.6 Å². The summed E-state index contributed by atoms with van der Waals surface area (Å²) in [5.41, 5.74) is 0.0404. The quantitative estimate of drug-likeness (QED) is 0.432. The van der Waals surface area contributed by atoms with E-state index in [1.807, 2.05) is 41.9 Å². The van der Waals surface area contributed by atoms with E-state index in [2.05, 4.69) is 4.90 Å². The maximum atomic E-state index is 14.2. The number of nitrogens with zero attached hydrogens (tertiary/aromatic N) is 4. The van der Waals surface area contributed by atoms with Crippen molar-refractivity contribution in [2.45, 2.75) is 37.1 Å². The number of carbonyl (C=O) groups is 1. The minimum Gasteiger partial charge on any atom is -0.323 e. The molecule has 2 aliphatic heterocycles. The van der Waals surface area contributed by atoms with Gasteiger partial charge in [0.15, 0.2) is 0 Å². The largest absolute Gasteiger partial charge is 0.419 e. The van der Waals surface area contributed by atoms with Gasteiger partial charge in [0.25, 0.3) is 0 Å². The Labute approximate surface area is 224 Å². The standard InChI is InChI=1S/C26H30Cl2F4N4O/c1-33(2)18-8-9-35(13-18)25(37)36-14-19(17-5-7-21(27)22(28)11-17)24(15-36)34(3)12-16-4-6-20(23(29)10-16)26(30,31)32/h4-7,10-11,18-19,24H,8-9,12-15H2,1-3H3/t18-,19?,24?/m0/s1. The molecule has 2 heterocycles. The number of rotatable bonds is 5. The van der Waals surface area contributed by atoms with Crippen LogP contribution in [0.25, 0.3) is 0 Å². The molecule has 2 amide bonds. The second-order valence-corrected chi connectivity index (χ2v) is 10.9. The van der Waals surface area contributed by atoms with Crippen LogP contribution < -0.4 is 0 Å². The first-order valence-corrected chi connectivity index (χ1v) is 12.8. The zero-order valence-corrected chi connectivity index (χ0v) is 22.4. The molecule has 5 nitrogen and oxygen atoms in total. The maximum Gasteiger partial charge on any atom is 0.419 e. The number of alkyl halides is 3. The van der Waals surface area contributed by atoms with Gasteiger partial charge >= 0.3 is 12.2 Å². The van der Waals surface area contributed by atoms with Gasteiger partial charge < -0.3 is 14.7 Å². The van der Waals surface area contributed by atoms with E-state index >= 15 is 0 Å². The minimum absolute atomic E-state index is 0.0362. The lowest BCUT2D eigenvalue weighted by Gasteiger charge is -2.29. The molecule has 0 spiro atoms. The summed E-state index contributed by atoms with van der Waals surface area (Å²) in [4.78, 5) is 21.2. The number of halogens is 6. The molecule has 4 rings (SSSR count).